The summed E-state index contributed by atoms with van der Waals surface area (Å²) in [6.07, 6.45) is 0.971. The minimum atomic E-state index is 0.00127. The van der Waals surface area contributed by atoms with E-state index < -0.39 is 0 Å². The number of benzene rings is 2. The van der Waals surface area contributed by atoms with Crippen LogP contribution in [0.2, 0.25) is 0 Å². The second-order valence-electron chi connectivity index (χ2n) is 8.10. The first-order valence-electron chi connectivity index (χ1n) is 11.1. The Morgan fingerprint density at radius 1 is 1.00 bits per heavy atom. The van der Waals surface area contributed by atoms with Crippen molar-refractivity contribution in [1.82, 2.24) is 4.90 Å². The van der Waals surface area contributed by atoms with E-state index in [1.54, 1.807) is 0 Å². The molecular weight excluding hydrogens is 386 g/mol. The Morgan fingerprint density at radius 2 is 1.77 bits per heavy atom. The Kier molecular flexibility index (Phi) is 6.73. The number of carbonyl (C=O) groups is 1. The molecule has 0 bridgehead atoms. The molecule has 0 saturated carbocycles. The highest BCUT2D eigenvalue weighted by Gasteiger charge is 2.17. The van der Waals surface area contributed by atoms with Gasteiger partial charge in [0.2, 0.25) is 5.91 Å². The third-order valence-electron chi connectivity index (χ3n) is 5.96. The molecule has 1 aromatic heterocycles. The van der Waals surface area contributed by atoms with Crippen molar-refractivity contribution >= 4 is 17.3 Å². The molecule has 31 heavy (non-hydrogen) atoms. The van der Waals surface area contributed by atoms with Crippen LogP contribution in [0.5, 0.6) is 0 Å². The van der Waals surface area contributed by atoms with Crippen LogP contribution in [0, 0.1) is 6.92 Å². The minimum absolute atomic E-state index is 0.00127. The van der Waals surface area contributed by atoms with Gasteiger partial charge < -0.3 is 19.5 Å². The lowest BCUT2D eigenvalue weighted by molar-refractivity contribution is -0.116. The number of hydrogen-bond donors (Lipinski definition) is 1. The van der Waals surface area contributed by atoms with Crippen LogP contribution in [0.25, 0.3) is 11.3 Å². The third-order valence-corrected chi connectivity index (χ3v) is 5.96. The van der Waals surface area contributed by atoms with Crippen molar-refractivity contribution < 1.29 is 9.21 Å². The standard InChI is InChI=1S/C26H31N3O2/c1-3-28-15-17-29(18-16-28)24-12-9-22(19-20(24)2)27-26(30)14-11-23-10-13-25(31-23)21-7-5-4-6-8-21/h4-10,12-13,19H,3,11,14-18H2,1-2H3,(H,27,30). The normalized spacial score (nSPS) is 14.6. The van der Waals surface area contributed by atoms with Gasteiger partial charge in [0.05, 0.1) is 0 Å². The molecule has 5 heteroatoms. The third kappa shape index (κ3) is 5.36. The van der Waals surface area contributed by atoms with E-state index in [0.29, 0.717) is 12.8 Å². The van der Waals surface area contributed by atoms with Gasteiger partial charge in [-0.2, -0.15) is 0 Å². The number of piperazine rings is 1. The predicted molar refractivity (Wildman–Crippen MR) is 127 cm³/mol. The summed E-state index contributed by atoms with van der Waals surface area (Å²) in [5, 5.41) is 3.03. The molecule has 2 heterocycles. The number of rotatable bonds is 7. The number of likely N-dealkylation sites (N-methyl/N-ethyl adjacent to an activating group) is 1. The molecule has 1 fully saturated rings. The average Bonchev–Trinajstić information content (AvgIpc) is 3.28. The highest BCUT2D eigenvalue weighted by atomic mass is 16.3. The summed E-state index contributed by atoms with van der Waals surface area (Å²) in [6.45, 7) is 9.75. The summed E-state index contributed by atoms with van der Waals surface area (Å²) in [6, 6.07) is 20.1. The van der Waals surface area contributed by atoms with E-state index in [-0.39, 0.29) is 5.91 Å². The van der Waals surface area contributed by atoms with E-state index in [1.165, 1.54) is 11.3 Å². The first kappa shape index (κ1) is 21.2. The summed E-state index contributed by atoms with van der Waals surface area (Å²) >= 11 is 0. The van der Waals surface area contributed by atoms with Crippen LogP contribution in [-0.4, -0.2) is 43.5 Å². The topological polar surface area (TPSA) is 48.7 Å². The van der Waals surface area contributed by atoms with E-state index in [1.807, 2.05) is 48.5 Å². The molecular formula is C26H31N3O2. The number of amides is 1. The van der Waals surface area contributed by atoms with E-state index in [0.717, 1.165) is 55.5 Å². The number of nitrogens with one attached hydrogen (secondary N) is 1. The molecule has 0 unspecified atom stereocenters. The van der Waals surface area contributed by atoms with Gasteiger partial charge in [-0.25, -0.2) is 0 Å². The highest BCUT2D eigenvalue weighted by molar-refractivity contribution is 5.91. The smallest absolute Gasteiger partial charge is 0.224 e. The van der Waals surface area contributed by atoms with Crippen molar-refractivity contribution in [3.05, 3.63) is 72.0 Å². The molecule has 5 nitrogen and oxygen atoms in total. The van der Waals surface area contributed by atoms with Crippen LogP contribution in [-0.2, 0) is 11.2 Å². The molecule has 1 amide bonds. The molecule has 1 N–H and O–H groups in total. The van der Waals surface area contributed by atoms with Crippen molar-refractivity contribution in [2.45, 2.75) is 26.7 Å². The Morgan fingerprint density at radius 3 is 2.48 bits per heavy atom. The van der Waals surface area contributed by atoms with Crippen molar-refractivity contribution in [2.75, 3.05) is 42.9 Å². The second-order valence-corrected chi connectivity index (χ2v) is 8.10. The average molecular weight is 418 g/mol. The number of furan rings is 1. The molecule has 3 aromatic rings. The van der Waals surface area contributed by atoms with Crippen molar-refractivity contribution in [3.63, 3.8) is 0 Å². The molecule has 0 atom stereocenters. The Labute approximate surface area is 184 Å². The van der Waals surface area contributed by atoms with Crippen LogP contribution < -0.4 is 10.2 Å². The molecule has 0 spiro atoms. The lowest BCUT2D eigenvalue weighted by atomic mass is 10.1. The summed E-state index contributed by atoms with van der Waals surface area (Å²) in [5.41, 5.74) is 4.35. The van der Waals surface area contributed by atoms with Gasteiger partial charge in [-0.1, -0.05) is 37.3 Å². The van der Waals surface area contributed by atoms with Gasteiger partial charge in [0.1, 0.15) is 11.5 Å². The second kappa shape index (κ2) is 9.84. The van der Waals surface area contributed by atoms with Crippen molar-refractivity contribution in [3.8, 4) is 11.3 Å². The van der Waals surface area contributed by atoms with E-state index in [4.69, 9.17) is 4.42 Å². The molecule has 4 rings (SSSR count). The fourth-order valence-electron chi connectivity index (χ4n) is 4.12. The van der Waals surface area contributed by atoms with Gasteiger partial charge in [0, 0.05) is 56.0 Å². The molecule has 0 radical (unpaired) electrons. The summed E-state index contributed by atoms with van der Waals surface area (Å²) in [5.74, 6) is 1.66. The highest BCUT2D eigenvalue weighted by Crippen LogP contribution is 2.25. The number of hydrogen-bond acceptors (Lipinski definition) is 4. The number of anilines is 2. The maximum Gasteiger partial charge on any atom is 0.224 e. The largest absolute Gasteiger partial charge is 0.461 e. The lowest BCUT2D eigenvalue weighted by Gasteiger charge is -2.36. The zero-order valence-electron chi connectivity index (χ0n) is 18.4. The number of nitrogens with zero attached hydrogens (tertiary/aromatic N) is 2. The van der Waals surface area contributed by atoms with E-state index in [2.05, 4.69) is 41.1 Å². The van der Waals surface area contributed by atoms with Gasteiger partial charge in [-0.3, -0.25) is 4.79 Å². The van der Waals surface area contributed by atoms with Crippen LogP contribution in [0.15, 0.2) is 65.1 Å². The fourth-order valence-corrected chi connectivity index (χ4v) is 4.12. The molecule has 162 valence electrons. The Hall–Kier alpha value is -3.05. The number of carbonyl (C=O) groups excluding carboxylic acids is 1. The fraction of sp³-hybridized carbons (Fsp3) is 0.346. The maximum atomic E-state index is 12.5. The quantitative estimate of drug-likeness (QED) is 0.590. The first-order chi connectivity index (χ1) is 15.1. The first-order valence-corrected chi connectivity index (χ1v) is 11.1. The molecule has 1 aliphatic rings. The van der Waals surface area contributed by atoms with E-state index in [9.17, 15) is 4.79 Å². The molecule has 1 aliphatic heterocycles. The Bertz CT molecular complexity index is 1000. The van der Waals surface area contributed by atoms with E-state index >= 15 is 0 Å². The zero-order valence-corrected chi connectivity index (χ0v) is 18.4. The van der Waals surface area contributed by atoms with Gasteiger partial charge >= 0.3 is 0 Å². The maximum absolute atomic E-state index is 12.5. The molecule has 2 aromatic carbocycles. The minimum Gasteiger partial charge on any atom is -0.461 e. The molecule has 0 aliphatic carbocycles. The Balaban J connectivity index is 1.30. The van der Waals surface area contributed by atoms with Crippen LogP contribution in [0.3, 0.4) is 0 Å². The monoisotopic (exact) mass is 417 g/mol. The summed E-state index contributed by atoms with van der Waals surface area (Å²) < 4.78 is 5.90. The lowest BCUT2D eigenvalue weighted by Crippen LogP contribution is -2.46. The van der Waals surface area contributed by atoms with Crippen LogP contribution in [0.4, 0.5) is 11.4 Å². The van der Waals surface area contributed by atoms with Gasteiger partial charge in [-0.05, 0) is 49.4 Å². The summed E-state index contributed by atoms with van der Waals surface area (Å²) in [4.78, 5) is 17.4. The van der Waals surface area contributed by atoms with Crippen LogP contribution >= 0.6 is 0 Å². The van der Waals surface area contributed by atoms with Gasteiger partial charge in [-0.15, -0.1) is 0 Å². The zero-order chi connectivity index (χ0) is 21.6. The summed E-state index contributed by atoms with van der Waals surface area (Å²) in [7, 11) is 0. The van der Waals surface area contributed by atoms with Crippen molar-refractivity contribution in [2.24, 2.45) is 0 Å². The predicted octanol–water partition coefficient (Wildman–Crippen LogP) is 4.97. The van der Waals surface area contributed by atoms with Gasteiger partial charge in [0.15, 0.2) is 0 Å². The molecule has 1 saturated heterocycles. The SMILES string of the molecule is CCN1CCN(c2ccc(NC(=O)CCc3ccc(-c4ccccc4)o3)cc2C)CC1. The van der Waals surface area contributed by atoms with Gasteiger partial charge in [0.25, 0.3) is 0 Å². The van der Waals surface area contributed by atoms with Crippen LogP contribution in [0.1, 0.15) is 24.7 Å². The van der Waals surface area contributed by atoms with Crippen molar-refractivity contribution in [1.29, 1.82) is 0 Å². The number of aryl methyl sites for hydroxylation is 2.